The number of hydrogen-bond acceptors (Lipinski definition) is 3. The van der Waals surface area contributed by atoms with Crippen molar-refractivity contribution in [2.24, 2.45) is 0 Å². The summed E-state index contributed by atoms with van der Waals surface area (Å²) in [5.41, 5.74) is 4.40. The Morgan fingerprint density at radius 3 is 2.11 bits per heavy atom. The van der Waals surface area contributed by atoms with Gasteiger partial charge in [0.05, 0.1) is 11.4 Å². The Morgan fingerprint density at radius 1 is 0.943 bits per heavy atom. The minimum absolute atomic E-state index is 0.0118. The lowest BCUT2D eigenvalue weighted by atomic mass is 9.86. The van der Waals surface area contributed by atoms with Gasteiger partial charge in [0.1, 0.15) is 12.4 Å². The number of aromatic nitrogens is 2. The van der Waals surface area contributed by atoms with Crippen LogP contribution in [0.2, 0.25) is 0 Å². The zero-order chi connectivity index (χ0) is 26.0. The van der Waals surface area contributed by atoms with Crippen molar-refractivity contribution in [3.05, 3.63) is 77.0 Å². The van der Waals surface area contributed by atoms with Gasteiger partial charge in [0.2, 0.25) is 5.91 Å². The number of anilines is 1. The van der Waals surface area contributed by atoms with Crippen LogP contribution in [0.15, 0.2) is 54.6 Å². The van der Waals surface area contributed by atoms with E-state index in [2.05, 4.69) is 46.9 Å². The van der Waals surface area contributed by atoms with Crippen LogP contribution in [-0.2, 0) is 15.6 Å². The maximum Gasteiger partial charge on any atom is 0.254 e. The second-order valence-electron chi connectivity index (χ2n) is 11.1. The third kappa shape index (κ3) is 6.18. The monoisotopic (exact) mass is 474 g/mol. The Morgan fingerprint density at radius 2 is 1.57 bits per heavy atom. The Balaban J connectivity index is 1.82. The quantitative estimate of drug-likeness (QED) is 0.485. The summed E-state index contributed by atoms with van der Waals surface area (Å²) in [4.78, 5) is 27.8. The minimum atomic E-state index is -0.262. The van der Waals surface area contributed by atoms with Crippen molar-refractivity contribution >= 4 is 17.6 Å². The van der Waals surface area contributed by atoms with Crippen LogP contribution in [0.4, 0.5) is 5.82 Å². The van der Waals surface area contributed by atoms with Crippen LogP contribution in [0.5, 0.6) is 0 Å². The van der Waals surface area contributed by atoms with E-state index in [0.717, 1.165) is 22.5 Å². The Bertz CT molecular complexity index is 1190. The van der Waals surface area contributed by atoms with Crippen molar-refractivity contribution in [2.75, 3.05) is 18.4 Å². The molecule has 2 aromatic carbocycles. The SMILES string of the molecule is CCN(CC(=O)Nc1cc(C(C)(C)C)nn1-c1ccccc1C)C(=O)c1ccc(C(C)(C)C)cc1. The molecule has 0 aliphatic heterocycles. The fraction of sp³-hybridized carbons (Fsp3) is 0.414. The Labute approximate surface area is 209 Å². The second kappa shape index (κ2) is 10.1. The number of carbonyl (C=O) groups excluding carboxylic acids is 2. The summed E-state index contributed by atoms with van der Waals surface area (Å²) < 4.78 is 1.77. The zero-order valence-corrected chi connectivity index (χ0v) is 22.3. The Kier molecular flexibility index (Phi) is 7.53. The average Bonchev–Trinajstić information content (AvgIpc) is 3.20. The molecule has 0 bridgehead atoms. The van der Waals surface area contributed by atoms with E-state index in [1.54, 1.807) is 9.58 Å². The summed E-state index contributed by atoms with van der Waals surface area (Å²) in [6, 6.07) is 17.5. The molecule has 35 heavy (non-hydrogen) atoms. The lowest BCUT2D eigenvalue weighted by Gasteiger charge is -2.22. The molecular weight excluding hydrogens is 436 g/mol. The van der Waals surface area contributed by atoms with E-state index < -0.39 is 0 Å². The summed E-state index contributed by atoms with van der Waals surface area (Å²) >= 11 is 0. The normalized spacial score (nSPS) is 11.9. The van der Waals surface area contributed by atoms with Gasteiger partial charge in [0, 0.05) is 23.6 Å². The Hall–Kier alpha value is -3.41. The number of para-hydroxylation sites is 1. The van der Waals surface area contributed by atoms with Crippen LogP contribution in [0.25, 0.3) is 5.69 Å². The molecule has 1 aromatic heterocycles. The first-order chi connectivity index (χ1) is 16.3. The standard InChI is InChI=1S/C29H38N4O2/c1-9-32(27(35)21-14-16-22(17-15-21)28(3,4)5)19-26(34)30-25-18-24(29(6,7)8)31-33(25)23-13-11-10-12-20(23)2/h10-18H,9,19H2,1-8H3,(H,30,34). The third-order valence-corrected chi connectivity index (χ3v) is 6.09. The number of rotatable bonds is 6. The zero-order valence-electron chi connectivity index (χ0n) is 22.3. The molecule has 6 heteroatoms. The van der Waals surface area contributed by atoms with Gasteiger partial charge in [-0.25, -0.2) is 4.68 Å². The molecule has 0 atom stereocenters. The highest BCUT2D eigenvalue weighted by atomic mass is 16.2. The first-order valence-electron chi connectivity index (χ1n) is 12.2. The fourth-order valence-electron chi connectivity index (χ4n) is 3.80. The van der Waals surface area contributed by atoms with Crippen molar-refractivity contribution in [3.8, 4) is 5.69 Å². The van der Waals surface area contributed by atoms with Crippen molar-refractivity contribution in [1.82, 2.24) is 14.7 Å². The van der Waals surface area contributed by atoms with Gasteiger partial charge in [-0.05, 0) is 48.6 Å². The number of benzene rings is 2. The molecular formula is C29H38N4O2. The maximum absolute atomic E-state index is 13.1. The largest absolute Gasteiger partial charge is 0.330 e. The van der Waals surface area contributed by atoms with Crippen molar-refractivity contribution in [1.29, 1.82) is 0 Å². The summed E-state index contributed by atoms with van der Waals surface area (Å²) in [7, 11) is 0. The number of carbonyl (C=O) groups is 2. The number of likely N-dealkylation sites (N-methyl/N-ethyl adjacent to an activating group) is 1. The molecule has 1 N–H and O–H groups in total. The summed E-state index contributed by atoms with van der Waals surface area (Å²) in [5.74, 6) is 0.167. The van der Waals surface area contributed by atoms with Crippen LogP contribution >= 0.6 is 0 Å². The number of nitrogens with one attached hydrogen (secondary N) is 1. The molecule has 3 aromatic rings. The van der Waals surface area contributed by atoms with Crippen molar-refractivity contribution in [2.45, 2.75) is 66.2 Å². The molecule has 0 saturated carbocycles. The van der Waals surface area contributed by atoms with E-state index in [1.165, 1.54) is 0 Å². The molecule has 0 radical (unpaired) electrons. The molecule has 0 fully saturated rings. The maximum atomic E-state index is 13.1. The van der Waals surface area contributed by atoms with E-state index in [0.29, 0.717) is 17.9 Å². The highest BCUT2D eigenvalue weighted by Crippen LogP contribution is 2.27. The smallest absolute Gasteiger partial charge is 0.254 e. The number of hydrogen-bond donors (Lipinski definition) is 1. The first-order valence-corrected chi connectivity index (χ1v) is 12.2. The summed E-state index contributed by atoms with van der Waals surface area (Å²) in [6.07, 6.45) is 0. The topological polar surface area (TPSA) is 67.2 Å². The van der Waals surface area contributed by atoms with Crippen LogP contribution in [0.1, 0.15) is 75.6 Å². The van der Waals surface area contributed by atoms with E-state index in [9.17, 15) is 9.59 Å². The van der Waals surface area contributed by atoms with Gasteiger partial charge in [0.25, 0.3) is 5.91 Å². The third-order valence-electron chi connectivity index (χ3n) is 6.09. The lowest BCUT2D eigenvalue weighted by molar-refractivity contribution is -0.116. The van der Waals surface area contributed by atoms with E-state index in [4.69, 9.17) is 5.10 Å². The molecule has 2 amide bonds. The first kappa shape index (κ1) is 26.2. The van der Waals surface area contributed by atoms with Crippen molar-refractivity contribution < 1.29 is 9.59 Å². The van der Waals surface area contributed by atoms with Crippen LogP contribution in [-0.4, -0.2) is 39.6 Å². The molecule has 1 heterocycles. The predicted molar refractivity (Wildman–Crippen MR) is 142 cm³/mol. The number of amides is 2. The second-order valence-corrected chi connectivity index (χ2v) is 11.1. The fourth-order valence-corrected chi connectivity index (χ4v) is 3.80. The molecule has 3 rings (SSSR count). The molecule has 0 aliphatic rings. The van der Waals surface area contributed by atoms with E-state index >= 15 is 0 Å². The molecule has 0 spiro atoms. The van der Waals surface area contributed by atoms with Crippen LogP contribution in [0.3, 0.4) is 0 Å². The van der Waals surface area contributed by atoms with Gasteiger partial charge in [-0.2, -0.15) is 5.10 Å². The van der Waals surface area contributed by atoms with Crippen molar-refractivity contribution in [3.63, 3.8) is 0 Å². The molecule has 0 unspecified atom stereocenters. The minimum Gasteiger partial charge on any atom is -0.330 e. The van der Waals surface area contributed by atoms with Crippen LogP contribution in [0, 0.1) is 6.92 Å². The van der Waals surface area contributed by atoms with Gasteiger partial charge in [0.15, 0.2) is 0 Å². The predicted octanol–water partition coefficient (Wildman–Crippen LogP) is 5.88. The van der Waals surface area contributed by atoms with Gasteiger partial charge in [-0.1, -0.05) is 71.9 Å². The van der Waals surface area contributed by atoms with Gasteiger partial charge < -0.3 is 10.2 Å². The highest BCUT2D eigenvalue weighted by molar-refractivity contribution is 5.99. The highest BCUT2D eigenvalue weighted by Gasteiger charge is 2.24. The molecule has 0 aliphatic carbocycles. The molecule has 6 nitrogen and oxygen atoms in total. The van der Waals surface area contributed by atoms with Gasteiger partial charge >= 0.3 is 0 Å². The average molecular weight is 475 g/mol. The van der Waals surface area contributed by atoms with Gasteiger partial charge in [-0.15, -0.1) is 0 Å². The lowest BCUT2D eigenvalue weighted by Crippen LogP contribution is -2.38. The van der Waals surface area contributed by atoms with E-state index in [-0.39, 0.29) is 29.2 Å². The van der Waals surface area contributed by atoms with E-state index in [1.807, 2.05) is 68.4 Å². The summed E-state index contributed by atoms with van der Waals surface area (Å²) in [6.45, 7) is 17.0. The van der Waals surface area contributed by atoms with Crippen LogP contribution < -0.4 is 5.32 Å². The molecule has 0 saturated heterocycles. The van der Waals surface area contributed by atoms with Gasteiger partial charge in [-0.3, -0.25) is 9.59 Å². The number of aryl methyl sites for hydroxylation is 1. The summed E-state index contributed by atoms with van der Waals surface area (Å²) in [5, 5.41) is 7.79. The molecule has 186 valence electrons. The number of nitrogens with zero attached hydrogens (tertiary/aromatic N) is 3.